The molecule has 3 aromatic rings. The number of hydrogen-bond donors (Lipinski definition) is 0. The molecular formula is C31H31NO8. The minimum absolute atomic E-state index is 0.149. The summed E-state index contributed by atoms with van der Waals surface area (Å²) >= 11 is 0. The quantitative estimate of drug-likeness (QED) is 0.279. The molecule has 9 heteroatoms. The minimum atomic E-state index is -0.387. The highest BCUT2D eigenvalue weighted by atomic mass is 16.7. The van der Waals surface area contributed by atoms with Crippen molar-refractivity contribution in [2.45, 2.75) is 19.4 Å². The van der Waals surface area contributed by atoms with Crippen LogP contribution in [-0.4, -0.2) is 57.5 Å². The summed E-state index contributed by atoms with van der Waals surface area (Å²) in [4.78, 5) is 27.3. The van der Waals surface area contributed by atoms with Gasteiger partial charge in [-0.05, 0) is 84.6 Å². The van der Waals surface area contributed by atoms with Gasteiger partial charge >= 0.3 is 5.97 Å². The van der Waals surface area contributed by atoms with Crippen molar-refractivity contribution in [1.82, 2.24) is 4.90 Å². The average Bonchev–Trinajstić information content (AvgIpc) is 3.46. The van der Waals surface area contributed by atoms with E-state index < -0.39 is 0 Å². The van der Waals surface area contributed by atoms with E-state index in [2.05, 4.69) is 0 Å². The van der Waals surface area contributed by atoms with Crippen LogP contribution in [0.4, 0.5) is 0 Å². The summed E-state index contributed by atoms with van der Waals surface area (Å²) in [5.74, 6) is 2.60. The number of rotatable bonds is 9. The first-order valence-corrected chi connectivity index (χ1v) is 13.0. The molecule has 2 heterocycles. The molecule has 1 atom stereocenters. The lowest BCUT2D eigenvalue weighted by Gasteiger charge is -2.37. The maximum absolute atomic E-state index is 13.5. The van der Waals surface area contributed by atoms with Gasteiger partial charge < -0.3 is 33.3 Å². The number of ether oxygens (including phenoxy) is 6. The van der Waals surface area contributed by atoms with Crippen LogP contribution in [0, 0.1) is 0 Å². The third kappa shape index (κ3) is 5.68. The van der Waals surface area contributed by atoms with E-state index in [-0.39, 0.29) is 31.3 Å². The third-order valence-electron chi connectivity index (χ3n) is 6.87. The van der Waals surface area contributed by atoms with Gasteiger partial charge in [0.15, 0.2) is 23.0 Å². The number of carbonyl (C=O) groups is 2. The Hall–Kier alpha value is -4.66. The Morgan fingerprint density at radius 1 is 0.975 bits per heavy atom. The lowest BCUT2D eigenvalue weighted by molar-refractivity contribution is -0.129. The van der Waals surface area contributed by atoms with Crippen LogP contribution in [0.15, 0.2) is 60.7 Å². The van der Waals surface area contributed by atoms with Gasteiger partial charge in [-0.3, -0.25) is 4.79 Å². The molecule has 1 unspecified atom stereocenters. The minimum Gasteiger partial charge on any atom is -0.493 e. The van der Waals surface area contributed by atoms with Gasteiger partial charge in [-0.25, -0.2) is 4.79 Å². The first kappa shape index (κ1) is 26.9. The molecule has 0 bridgehead atoms. The molecule has 3 aromatic carbocycles. The summed E-state index contributed by atoms with van der Waals surface area (Å²) in [5.41, 5.74) is 3.26. The Morgan fingerprint density at radius 2 is 1.73 bits per heavy atom. The number of benzene rings is 3. The van der Waals surface area contributed by atoms with Crippen LogP contribution in [0.2, 0.25) is 0 Å². The number of carbonyl (C=O) groups excluding carboxylic acids is 2. The van der Waals surface area contributed by atoms with Gasteiger partial charge in [0.05, 0.1) is 32.4 Å². The fraction of sp³-hybridized carbons (Fsp3) is 0.290. The Balaban J connectivity index is 1.39. The highest BCUT2D eigenvalue weighted by molar-refractivity contribution is 5.92. The normalized spacial score (nSPS) is 15.5. The molecule has 0 N–H and O–H groups in total. The zero-order valence-electron chi connectivity index (χ0n) is 22.7. The molecule has 0 saturated heterocycles. The molecule has 0 radical (unpaired) electrons. The fourth-order valence-electron chi connectivity index (χ4n) is 4.83. The maximum atomic E-state index is 13.5. The number of amides is 1. The van der Waals surface area contributed by atoms with E-state index in [0.717, 1.165) is 16.7 Å². The van der Waals surface area contributed by atoms with Gasteiger partial charge in [0.25, 0.3) is 0 Å². The molecule has 5 rings (SSSR count). The van der Waals surface area contributed by atoms with Crippen molar-refractivity contribution in [3.8, 4) is 28.7 Å². The Bertz CT molecular complexity index is 1420. The van der Waals surface area contributed by atoms with Gasteiger partial charge in [-0.15, -0.1) is 0 Å². The molecule has 2 aliphatic heterocycles. The predicted octanol–water partition coefficient (Wildman–Crippen LogP) is 4.83. The van der Waals surface area contributed by atoms with E-state index in [1.165, 1.54) is 0 Å². The standard InChI is InChI=1S/C31H31NO8/c1-4-37-31(34)21-7-9-23(10-8-21)38-18-25-24-17-28(36-3)27(35-2)16-22(24)13-14-32(25)30(33)12-6-20-5-11-26-29(15-20)40-19-39-26/h5-12,15-17,25H,4,13-14,18-19H2,1-3H3. The van der Waals surface area contributed by atoms with Crippen molar-refractivity contribution in [2.24, 2.45) is 0 Å². The molecule has 0 saturated carbocycles. The highest BCUT2D eigenvalue weighted by Crippen LogP contribution is 2.39. The highest BCUT2D eigenvalue weighted by Gasteiger charge is 2.32. The van der Waals surface area contributed by atoms with E-state index >= 15 is 0 Å². The van der Waals surface area contributed by atoms with Crippen molar-refractivity contribution in [3.05, 3.63) is 82.9 Å². The molecular weight excluding hydrogens is 514 g/mol. The monoisotopic (exact) mass is 545 g/mol. The second-order valence-electron chi connectivity index (χ2n) is 9.21. The van der Waals surface area contributed by atoms with Crippen molar-refractivity contribution in [3.63, 3.8) is 0 Å². The van der Waals surface area contributed by atoms with E-state index in [1.54, 1.807) is 62.5 Å². The Morgan fingerprint density at radius 3 is 2.48 bits per heavy atom. The maximum Gasteiger partial charge on any atom is 0.338 e. The predicted molar refractivity (Wildman–Crippen MR) is 147 cm³/mol. The summed E-state index contributed by atoms with van der Waals surface area (Å²) in [6.07, 6.45) is 3.98. The van der Waals surface area contributed by atoms with Crippen LogP contribution in [0.25, 0.3) is 6.08 Å². The van der Waals surface area contributed by atoms with Crippen molar-refractivity contribution >= 4 is 18.0 Å². The van der Waals surface area contributed by atoms with Crippen LogP contribution in [0.1, 0.15) is 40.0 Å². The zero-order valence-corrected chi connectivity index (χ0v) is 22.7. The third-order valence-corrected chi connectivity index (χ3v) is 6.87. The van der Waals surface area contributed by atoms with Crippen molar-refractivity contribution < 1.29 is 38.0 Å². The molecule has 0 aromatic heterocycles. The van der Waals surface area contributed by atoms with Gasteiger partial charge in [0, 0.05) is 12.6 Å². The second kappa shape index (κ2) is 12.0. The van der Waals surface area contributed by atoms with E-state index in [1.807, 2.05) is 30.3 Å². The number of methoxy groups -OCH3 is 2. The number of hydrogen-bond acceptors (Lipinski definition) is 8. The molecule has 0 aliphatic carbocycles. The molecule has 1 amide bonds. The molecule has 40 heavy (non-hydrogen) atoms. The van der Waals surface area contributed by atoms with E-state index in [9.17, 15) is 9.59 Å². The summed E-state index contributed by atoms with van der Waals surface area (Å²) < 4.78 is 33.1. The smallest absolute Gasteiger partial charge is 0.338 e. The van der Waals surface area contributed by atoms with Crippen LogP contribution in [0.5, 0.6) is 28.7 Å². The number of esters is 1. The van der Waals surface area contributed by atoms with Gasteiger partial charge in [-0.1, -0.05) is 6.07 Å². The topological polar surface area (TPSA) is 92.8 Å². The number of nitrogens with zero attached hydrogens (tertiary/aromatic N) is 1. The van der Waals surface area contributed by atoms with Crippen LogP contribution in [0.3, 0.4) is 0 Å². The zero-order chi connectivity index (χ0) is 28.1. The SMILES string of the molecule is CCOC(=O)c1ccc(OCC2c3cc(OC)c(OC)cc3CCN2C(=O)C=Cc2ccc3c(c2)OCO3)cc1. The lowest BCUT2D eigenvalue weighted by atomic mass is 9.92. The van der Waals surface area contributed by atoms with E-state index in [4.69, 9.17) is 28.4 Å². The second-order valence-corrected chi connectivity index (χ2v) is 9.21. The fourth-order valence-corrected chi connectivity index (χ4v) is 4.83. The summed E-state index contributed by atoms with van der Waals surface area (Å²) in [7, 11) is 3.19. The van der Waals surface area contributed by atoms with Gasteiger partial charge in [0.2, 0.25) is 12.7 Å². The van der Waals surface area contributed by atoms with Crippen LogP contribution >= 0.6 is 0 Å². The Labute approximate surface area is 232 Å². The first-order chi connectivity index (χ1) is 19.5. The van der Waals surface area contributed by atoms with Crippen molar-refractivity contribution in [2.75, 3.05) is 40.8 Å². The summed E-state index contributed by atoms with van der Waals surface area (Å²) in [5, 5.41) is 0. The number of fused-ring (bicyclic) bond motifs is 2. The van der Waals surface area contributed by atoms with Crippen LogP contribution < -0.4 is 23.7 Å². The van der Waals surface area contributed by atoms with Crippen LogP contribution in [-0.2, 0) is 16.0 Å². The van der Waals surface area contributed by atoms with Crippen molar-refractivity contribution in [1.29, 1.82) is 0 Å². The molecule has 2 aliphatic rings. The average molecular weight is 546 g/mol. The van der Waals surface area contributed by atoms with Gasteiger partial charge in [-0.2, -0.15) is 0 Å². The first-order valence-electron chi connectivity index (χ1n) is 13.0. The molecule has 0 spiro atoms. The largest absolute Gasteiger partial charge is 0.493 e. The summed E-state index contributed by atoms with van der Waals surface area (Å²) in [6.45, 7) is 2.96. The summed E-state index contributed by atoms with van der Waals surface area (Å²) in [6, 6.07) is 15.8. The Kier molecular flexibility index (Phi) is 8.10. The van der Waals surface area contributed by atoms with E-state index in [0.29, 0.717) is 53.9 Å². The molecule has 0 fully saturated rings. The lowest BCUT2D eigenvalue weighted by Crippen LogP contribution is -2.41. The molecule has 208 valence electrons. The van der Waals surface area contributed by atoms with Gasteiger partial charge in [0.1, 0.15) is 12.4 Å². The molecule has 9 nitrogen and oxygen atoms in total.